The summed E-state index contributed by atoms with van der Waals surface area (Å²) in [5.41, 5.74) is 2.99. The molecule has 1 amide bonds. The zero-order valence-electron chi connectivity index (χ0n) is 16.3. The Morgan fingerprint density at radius 2 is 1.52 bits per heavy atom. The second-order valence-corrected chi connectivity index (χ2v) is 8.49. The lowest BCUT2D eigenvalue weighted by Crippen LogP contribution is -2.26. The summed E-state index contributed by atoms with van der Waals surface area (Å²) >= 11 is 0. The van der Waals surface area contributed by atoms with Gasteiger partial charge in [0, 0.05) is 6.54 Å². The molecule has 3 rings (SSSR count). The lowest BCUT2D eigenvalue weighted by Gasteiger charge is -2.13. The number of rotatable bonds is 8. The third-order valence-corrected chi connectivity index (χ3v) is 5.90. The molecule has 0 fully saturated rings. The van der Waals surface area contributed by atoms with Crippen LogP contribution in [0, 0.1) is 6.92 Å². The fourth-order valence-corrected chi connectivity index (χ4v) is 4.02. The average Bonchev–Trinajstić information content (AvgIpc) is 2.73. The standard InChI is InChI=1S/C23H24N2O3S/c1-18-13-15-19(16-14-18)8-7-17-24-23(26)21-11-5-6-12-22(21)25-29(27,28)20-9-3-2-4-10-20/h2-6,9-16,25H,7-8,17H2,1H3,(H,24,26). The smallest absolute Gasteiger partial charge is 0.261 e. The number of benzene rings is 3. The third kappa shape index (κ3) is 5.68. The molecule has 0 bridgehead atoms. The van der Waals surface area contributed by atoms with Gasteiger partial charge in [0.25, 0.3) is 15.9 Å². The van der Waals surface area contributed by atoms with Crippen LogP contribution in [0.4, 0.5) is 5.69 Å². The summed E-state index contributed by atoms with van der Waals surface area (Å²) in [6.07, 6.45) is 1.66. The number of aryl methyl sites for hydroxylation is 2. The van der Waals surface area contributed by atoms with Gasteiger partial charge in [-0.3, -0.25) is 9.52 Å². The van der Waals surface area contributed by atoms with Crippen molar-refractivity contribution in [3.8, 4) is 0 Å². The molecule has 0 atom stereocenters. The van der Waals surface area contributed by atoms with E-state index in [9.17, 15) is 13.2 Å². The summed E-state index contributed by atoms with van der Waals surface area (Å²) < 4.78 is 27.7. The molecule has 0 heterocycles. The molecule has 6 heteroatoms. The molecular formula is C23H24N2O3S. The number of para-hydroxylation sites is 1. The summed E-state index contributed by atoms with van der Waals surface area (Å²) in [5, 5.41) is 2.87. The molecule has 2 N–H and O–H groups in total. The molecule has 0 unspecified atom stereocenters. The Morgan fingerprint density at radius 1 is 0.862 bits per heavy atom. The van der Waals surface area contributed by atoms with Crippen molar-refractivity contribution < 1.29 is 13.2 Å². The van der Waals surface area contributed by atoms with Crippen molar-refractivity contribution in [1.82, 2.24) is 5.32 Å². The van der Waals surface area contributed by atoms with Crippen molar-refractivity contribution in [2.75, 3.05) is 11.3 Å². The minimum Gasteiger partial charge on any atom is -0.352 e. The van der Waals surface area contributed by atoms with Gasteiger partial charge < -0.3 is 5.32 Å². The summed E-state index contributed by atoms with van der Waals surface area (Å²) in [4.78, 5) is 12.7. The molecule has 0 aliphatic rings. The Labute approximate surface area is 171 Å². The predicted octanol–water partition coefficient (Wildman–Crippen LogP) is 4.16. The van der Waals surface area contributed by atoms with E-state index in [1.807, 2.05) is 6.92 Å². The quantitative estimate of drug-likeness (QED) is 0.550. The van der Waals surface area contributed by atoms with Gasteiger partial charge in [-0.1, -0.05) is 60.2 Å². The van der Waals surface area contributed by atoms with Crippen LogP contribution in [0.3, 0.4) is 0 Å². The first kappa shape index (κ1) is 20.6. The van der Waals surface area contributed by atoms with Gasteiger partial charge in [0.2, 0.25) is 0 Å². The highest BCUT2D eigenvalue weighted by atomic mass is 32.2. The van der Waals surface area contributed by atoms with E-state index in [-0.39, 0.29) is 16.5 Å². The zero-order valence-corrected chi connectivity index (χ0v) is 17.1. The van der Waals surface area contributed by atoms with Crippen LogP contribution in [0.2, 0.25) is 0 Å². The monoisotopic (exact) mass is 408 g/mol. The fourth-order valence-electron chi connectivity index (χ4n) is 2.92. The van der Waals surface area contributed by atoms with Crippen LogP contribution < -0.4 is 10.0 Å². The molecule has 5 nitrogen and oxygen atoms in total. The van der Waals surface area contributed by atoms with Crippen LogP contribution in [0.5, 0.6) is 0 Å². The van der Waals surface area contributed by atoms with Crippen LogP contribution in [-0.2, 0) is 16.4 Å². The molecular weight excluding hydrogens is 384 g/mol. The molecule has 0 saturated heterocycles. The highest BCUT2D eigenvalue weighted by molar-refractivity contribution is 7.92. The molecule has 0 aliphatic heterocycles. The molecule has 3 aromatic rings. The van der Waals surface area contributed by atoms with Crippen LogP contribution in [-0.4, -0.2) is 20.9 Å². The number of amides is 1. The van der Waals surface area contributed by atoms with Crippen molar-refractivity contribution in [3.63, 3.8) is 0 Å². The van der Waals surface area contributed by atoms with Crippen LogP contribution >= 0.6 is 0 Å². The van der Waals surface area contributed by atoms with E-state index in [0.717, 1.165) is 12.8 Å². The Bertz CT molecular complexity index is 1060. The highest BCUT2D eigenvalue weighted by Gasteiger charge is 2.18. The highest BCUT2D eigenvalue weighted by Crippen LogP contribution is 2.20. The Kier molecular flexibility index (Phi) is 6.67. The molecule has 0 radical (unpaired) electrons. The first-order valence-corrected chi connectivity index (χ1v) is 10.9. The van der Waals surface area contributed by atoms with Gasteiger partial charge in [0.15, 0.2) is 0 Å². The van der Waals surface area contributed by atoms with Crippen LogP contribution in [0.1, 0.15) is 27.9 Å². The minimum atomic E-state index is -3.76. The topological polar surface area (TPSA) is 75.3 Å². The molecule has 150 valence electrons. The lowest BCUT2D eigenvalue weighted by atomic mass is 10.1. The maximum absolute atomic E-state index is 12.6. The van der Waals surface area contributed by atoms with Gasteiger partial charge >= 0.3 is 0 Å². The van der Waals surface area contributed by atoms with E-state index in [1.54, 1.807) is 42.5 Å². The first-order chi connectivity index (χ1) is 14.0. The Hall–Kier alpha value is -3.12. The fraction of sp³-hybridized carbons (Fsp3) is 0.174. The van der Waals surface area contributed by atoms with Crippen molar-refractivity contribution in [3.05, 3.63) is 95.6 Å². The van der Waals surface area contributed by atoms with Crippen molar-refractivity contribution in [1.29, 1.82) is 0 Å². The summed E-state index contributed by atoms with van der Waals surface area (Å²) in [7, 11) is -3.76. The lowest BCUT2D eigenvalue weighted by molar-refractivity contribution is 0.0954. The maximum Gasteiger partial charge on any atom is 0.261 e. The number of sulfonamides is 1. The number of carbonyl (C=O) groups excluding carboxylic acids is 1. The number of carbonyl (C=O) groups is 1. The molecule has 3 aromatic carbocycles. The van der Waals surface area contributed by atoms with Gasteiger partial charge in [-0.2, -0.15) is 0 Å². The first-order valence-electron chi connectivity index (χ1n) is 9.46. The van der Waals surface area contributed by atoms with Crippen LogP contribution in [0.15, 0.2) is 83.8 Å². The molecule has 0 saturated carbocycles. The van der Waals surface area contributed by atoms with Crippen molar-refractivity contribution >= 4 is 21.6 Å². The third-order valence-electron chi connectivity index (χ3n) is 4.52. The average molecular weight is 409 g/mol. The van der Waals surface area contributed by atoms with Crippen molar-refractivity contribution in [2.45, 2.75) is 24.7 Å². The molecule has 29 heavy (non-hydrogen) atoms. The number of hydrogen-bond donors (Lipinski definition) is 2. The van der Waals surface area contributed by atoms with E-state index >= 15 is 0 Å². The largest absolute Gasteiger partial charge is 0.352 e. The van der Waals surface area contributed by atoms with Gasteiger partial charge in [0.1, 0.15) is 0 Å². The Balaban J connectivity index is 1.62. The van der Waals surface area contributed by atoms with Crippen molar-refractivity contribution in [2.24, 2.45) is 0 Å². The number of hydrogen-bond acceptors (Lipinski definition) is 3. The summed E-state index contributed by atoms with van der Waals surface area (Å²) in [5.74, 6) is -0.305. The van der Waals surface area contributed by atoms with Crippen LogP contribution in [0.25, 0.3) is 0 Å². The summed E-state index contributed by atoms with van der Waals surface area (Å²) in [6, 6.07) is 23.0. The predicted molar refractivity (Wildman–Crippen MR) is 116 cm³/mol. The van der Waals surface area contributed by atoms with Gasteiger partial charge in [-0.15, -0.1) is 0 Å². The van der Waals surface area contributed by atoms with Gasteiger partial charge in [-0.25, -0.2) is 8.42 Å². The number of anilines is 1. The van der Waals surface area contributed by atoms with E-state index in [1.165, 1.54) is 23.3 Å². The second-order valence-electron chi connectivity index (χ2n) is 6.81. The van der Waals surface area contributed by atoms with Gasteiger partial charge in [-0.05, 0) is 49.6 Å². The Morgan fingerprint density at radius 3 is 2.24 bits per heavy atom. The van der Waals surface area contributed by atoms with E-state index in [2.05, 4.69) is 34.3 Å². The van der Waals surface area contributed by atoms with E-state index < -0.39 is 10.0 Å². The van der Waals surface area contributed by atoms with E-state index in [4.69, 9.17) is 0 Å². The van der Waals surface area contributed by atoms with E-state index in [0.29, 0.717) is 12.1 Å². The molecule has 0 aromatic heterocycles. The normalized spacial score (nSPS) is 11.1. The van der Waals surface area contributed by atoms with Gasteiger partial charge in [0.05, 0.1) is 16.1 Å². The molecule has 0 spiro atoms. The zero-order chi connectivity index (χ0) is 20.7. The molecule has 0 aliphatic carbocycles. The summed E-state index contributed by atoms with van der Waals surface area (Å²) in [6.45, 7) is 2.56. The minimum absolute atomic E-state index is 0.147. The SMILES string of the molecule is Cc1ccc(CCCNC(=O)c2ccccc2NS(=O)(=O)c2ccccc2)cc1. The number of nitrogens with one attached hydrogen (secondary N) is 2. The maximum atomic E-state index is 12.6. The second kappa shape index (κ2) is 9.39.